The number of aliphatic hydroxyl groups excluding tert-OH is 2. The Kier molecular flexibility index (Phi) is 4.21. The number of aliphatic hydroxyl groups is 2. The molecule has 6 nitrogen and oxygen atoms in total. The van der Waals surface area contributed by atoms with Gasteiger partial charge < -0.3 is 19.9 Å². The third kappa shape index (κ3) is 3.18. The zero-order valence-electron chi connectivity index (χ0n) is 8.71. The first-order valence-corrected chi connectivity index (χ1v) is 4.66. The van der Waals surface area contributed by atoms with E-state index in [2.05, 4.69) is 9.72 Å². The molecule has 88 valence electrons. The van der Waals surface area contributed by atoms with Crippen LogP contribution in [0.3, 0.4) is 0 Å². The molecule has 6 heteroatoms. The summed E-state index contributed by atoms with van der Waals surface area (Å²) >= 11 is 0. The highest BCUT2D eigenvalue weighted by atomic mass is 16.5. The van der Waals surface area contributed by atoms with Gasteiger partial charge in [-0.15, -0.1) is 0 Å². The lowest BCUT2D eigenvalue weighted by Crippen LogP contribution is -2.24. The molecule has 0 aromatic carbocycles. The van der Waals surface area contributed by atoms with E-state index in [4.69, 9.17) is 0 Å². The van der Waals surface area contributed by atoms with Crippen LogP contribution < -0.4 is 5.43 Å². The van der Waals surface area contributed by atoms with Gasteiger partial charge in [0.05, 0.1) is 25.3 Å². The SMILES string of the molecule is COC(=O)CC(O)C(O)c1cc(=O)cc[nH]1. The first-order valence-electron chi connectivity index (χ1n) is 4.66. The Morgan fingerprint density at radius 2 is 2.25 bits per heavy atom. The number of aromatic amines is 1. The van der Waals surface area contributed by atoms with Crippen molar-refractivity contribution in [3.05, 3.63) is 34.2 Å². The van der Waals surface area contributed by atoms with Crippen molar-refractivity contribution in [3.8, 4) is 0 Å². The molecule has 0 bridgehead atoms. The zero-order chi connectivity index (χ0) is 12.1. The summed E-state index contributed by atoms with van der Waals surface area (Å²) in [5.41, 5.74) is -0.137. The van der Waals surface area contributed by atoms with Gasteiger partial charge in [-0.25, -0.2) is 0 Å². The molecule has 0 aliphatic carbocycles. The van der Waals surface area contributed by atoms with Crippen LogP contribution in [0.2, 0.25) is 0 Å². The van der Waals surface area contributed by atoms with Crippen LogP contribution in [0.4, 0.5) is 0 Å². The number of nitrogens with one attached hydrogen (secondary N) is 1. The molecule has 0 fully saturated rings. The Labute approximate surface area is 91.5 Å². The van der Waals surface area contributed by atoms with Gasteiger partial charge in [0.15, 0.2) is 5.43 Å². The quantitative estimate of drug-likeness (QED) is 0.592. The number of carbonyl (C=O) groups is 1. The summed E-state index contributed by atoms with van der Waals surface area (Å²) in [4.78, 5) is 24.5. The summed E-state index contributed by atoms with van der Waals surface area (Å²) in [6.45, 7) is 0. The average molecular weight is 227 g/mol. The van der Waals surface area contributed by atoms with E-state index in [1.807, 2.05) is 0 Å². The first-order chi connectivity index (χ1) is 7.54. The molecule has 0 aliphatic rings. The summed E-state index contributed by atoms with van der Waals surface area (Å²) < 4.78 is 4.35. The first kappa shape index (κ1) is 12.4. The second-order valence-corrected chi connectivity index (χ2v) is 3.27. The number of pyridine rings is 1. The van der Waals surface area contributed by atoms with Crippen LogP contribution >= 0.6 is 0 Å². The van der Waals surface area contributed by atoms with Crippen molar-refractivity contribution >= 4 is 5.97 Å². The molecule has 1 aromatic rings. The number of carbonyl (C=O) groups excluding carboxylic acids is 1. The number of hydrogen-bond donors (Lipinski definition) is 3. The van der Waals surface area contributed by atoms with E-state index in [0.717, 1.165) is 6.07 Å². The number of rotatable bonds is 4. The largest absolute Gasteiger partial charge is 0.469 e. The lowest BCUT2D eigenvalue weighted by molar-refractivity contribution is -0.144. The predicted octanol–water partition coefficient (Wildman–Crippen LogP) is -0.668. The summed E-state index contributed by atoms with van der Waals surface area (Å²) in [5, 5.41) is 19.1. The molecule has 16 heavy (non-hydrogen) atoms. The molecule has 0 radical (unpaired) electrons. The number of esters is 1. The molecule has 1 aromatic heterocycles. The minimum Gasteiger partial charge on any atom is -0.469 e. The Morgan fingerprint density at radius 1 is 1.56 bits per heavy atom. The lowest BCUT2D eigenvalue weighted by atomic mass is 10.1. The molecule has 2 unspecified atom stereocenters. The van der Waals surface area contributed by atoms with Crippen molar-refractivity contribution in [1.29, 1.82) is 0 Å². The van der Waals surface area contributed by atoms with Gasteiger partial charge >= 0.3 is 5.97 Å². The molecule has 0 aliphatic heterocycles. The summed E-state index contributed by atoms with van der Waals surface area (Å²) in [7, 11) is 1.19. The second kappa shape index (κ2) is 5.43. The van der Waals surface area contributed by atoms with Crippen molar-refractivity contribution in [2.45, 2.75) is 18.6 Å². The van der Waals surface area contributed by atoms with Crippen molar-refractivity contribution < 1.29 is 19.7 Å². The molecular weight excluding hydrogens is 214 g/mol. The third-order valence-electron chi connectivity index (χ3n) is 2.08. The Bertz CT molecular complexity index is 414. The van der Waals surface area contributed by atoms with Gasteiger partial charge in [-0.1, -0.05) is 0 Å². The normalized spacial score (nSPS) is 14.2. The molecule has 3 N–H and O–H groups in total. The van der Waals surface area contributed by atoms with E-state index in [1.54, 1.807) is 0 Å². The molecule has 0 saturated heterocycles. The van der Waals surface area contributed by atoms with Crippen molar-refractivity contribution in [2.75, 3.05) is 7.11 Å². The minimum atomic E-state index is -1.33. The average Bonchev–Trinajstić information content (AvgIpc) is 2.27. The fourth-order valence-corrected chi connectivity index (χ4v) is 1.21. The maximum Gasteiger partial charge on any atom is 0.308 e. The molecular formula is C10H13NO5. The molecule has 0 amide bonds. The van der Waals surface area contributed by atoms with Crippen LogP contribution in [-0.2, 0) is 9.53 Å². The molecule has 1 rings (SSSR count). The number of H-pyrrole nitrogens is 1. The van der Waals surface area contributed by atoms with Gasteiger partial charge in [-0.3, -0.25) is 9.59 Å². The summed E-state index contributed by atoms with van der Waals surface area (Å²) in [5.74, 6) is -0.634. The van der Waals surface area contributed by atoms with Crippen molar-refractivity contribution in [3.63, 3.8) is 0 Å². The van der Waals surface area contributed by atoms with Crippen LogP contribution in [-0.4, -0.2) is 34.4 Å². The van der Waals surface area contributed by atoms with Crippen LogP contribution in [0.5, 0.6) is 0 Å². The summed E-state index contributed by atoms with van der Waals surface area (Å²) in [6, 6.07) is 2.44. The standard InChI is InChI=1S/C10H13NO5/c1-16-9(14)5-8(13)10(15)7-4-6(12)2-3-11-7/h2-4,8,10,13,15H,5H2,1H3,(H,11,12). The van der Waals surface area contributed by atoms with Crippen molar-refractivity contribution in [2.24, 2.45) is 0 Å². The zero-order valence-corrected chi connectivity index (χ0v) is 8.71. The Hall–Kier alpha value is -1.66. The second-order valence-electron chi connectivity index (χ2n) is 3.27. The van der Waals surface area contributed by atoms with E-state index in [1.165, 1.54) is 19.4 Å². The number of methoxy groups -OCH3 is 1. The van der Waals surface area contributed by atoms with Gasteiger partial charge in [-0.05, 0) is 0 Å². The highest BCUT2D eigenvalue weighted by Gasteiger charge is 2.22. The topological polar surface area (TPSA) is 99.6 Å². The van der Waals surface area contributed by atoms with Crippen LogP contribution in [0.25, 0.3) is 0 Å². The fraction of sp³-hybridized carbons (Fsp3) is 0.400. The number of hydrogen-bond acceptors (Lipinski definition) is 5. The molecule has 2 atom stereocenters. The Balaban J connectivity index is 2.73. The van der Waals surface area contributed by atoms with E-state index < -0.39 is 18.2 Å². The van der Waals surface area contributed by atoms with E-state index in [0.29, 0.717) is 0 Å². The Morgan fingerprint density at radius 3 is 2.81 bits per heavy atom. The highest BCUT2D eigenvalue weighted by Crippen LogP contribution is 2.15. The maximum atomic E-state index is 11.0. The third-order valence-corrected chi connectivity index (χ3v) is 2.08. The van der Waals surface area contributed by atoms with E-state index in [9.17, 15) is 19.8 Å². The number of aromatic nitrogens is 1. The van der Waals surface area contributed by atoms with Gasteiger partial charge in [0, 0.05) is 18.3 Å². The monoisotopic (exact) mass is 227 g/mol. The number of ether oxygens (including phenoxy) is 1. The van der Waals surface area contributed by atoms with Crippen LogP contribution in [0, 0.1) is 0 Å². The minimum absolute atomic E-state index is 0.156. The van der Waals surface area contributed by atoms with Gasteiger partial charge in [0.2, 0.25) is 0 Å². The predicted molar refractivity (Wildman–Crippen MR) is 54.7 cm³/mol. The van der Waals surface area contributed by atoms with Gasteiger partial charge in [-0.2, -0.15) is 0 Å². The molecule has 0 saturated carbocycles. The van der Waals surface area contributed by atoms with Crippen LogP contribution in [0.1, 0.15) is 18.2 Å². The fourth-order valence-electron chi connectivity index (χ4n) is 1.21. The summed E-state index contributed by atoms with van der Waals surface area (Å²) in [6.07, 6.45) is -1.63. The van der Waals surface area contributed by atoms with Crippen LogP contribution in [0.15, 0.2) is 23.1 Å². The molecule has 1 heterocycles. The smallest absolute Gasteiger partial charge is 0.308 e. The lowest BCUT2D eigenvalue weighted by Gasteiger charge is -2.16. The highest BCUT2D eigenvalue weighted by molar-refractivity contribution is 5.69. The maximum absolute atomic E-state index is 11.0. The van der Waals surface area contributed by atoms with Crippen molar-refractivity contribution in [1.82, 2.24) is 4.98 Å². The molecule has 0 spiro atoms. The van der Waals surface area contributed by atoms with E-state index >= 15 is 0 Å². The van der Waals surface area contributed by atoms with E-state index in [-0.39, 0.29) is 17.5 Å². The van der Waals surface area contributed by atoms with Gasteiger partial charge in [0.25, 0.3) is 0 Å². The van der Waals surface area contributed by atoms with Gasteiger partial charge in [0.1, 0.15) is 6.10 Å².